The summed E-state index contributed by atoms with van der Waals surface area (Å²) in [6, 6.07) is 24.9. The van der Waals surface area contributed by atoms with Crippen molar-refractivity contribution < 1.29 is 14.4 Å². The molecule has 2 amide bonds. The summed E-state index contributed by atoms with van der Waals surface area (Å²) in [7, 11) is 0. The van der Waals surface area contributed by atoms with Crippen LogP contribution in [0.4, 0.5) is 5.69 Å². The van der Waals surface area contributed by atoms with Crippen molar-refractivity contribution in [3.63, 3.8) is 0 Å². The average Bonchev–Trinajstić information content (AvgIpc) is 3.79. The van der Waals surface area contributed by atoms with Crippen LogP contribution in [0.1, 0.15) is 56.6 Å². The van der Waals surface area contributed by atoms with Gasteiger partial charge in [0.15, 0.2) is 5.78 Å². The molecule has 3 aromatic rings. The van der Waals surface area contributed by atoms with Gasteiger partial charge in [-0.3, -0.25) is 14.4 Å². The topological polar surface area (TPSA) is 69.7 Å². The molecule has 0 aromatic heterocycles. The highest BCUT2D eigenvalue weighted by atomic mass is 16.2. The Kier molecular flexibility index (Phi) is 5.80. The number of piperazine rings is 1. The summed E-state index contributed by atoms with van der Waals surface area (Å²) >= 11 is 0. The zero-order valence-corrected chi connectivity index (χ0v) is 20.1. The fourth-order valence-electron chi connectivity index (χ4n) is 5.41. The molecule has 2 atom stereocenters. The third-order valence-electron chi connectivity index (χ3n) is 7.60. The molecule has 0 radical (unpaired) electrons. The summed E-state index contributed by atoms with van der Waals surface area (Å²) < 4.78 is 0. The quantitative estimate of drug-likeness (QED) is 0.598. The van der Waals surface area contributed by atoms with Gasteiger partial charge in [-0.2, -0.15) is 0 Å². The molecule has 3 aromatic carbocycles. The van der Waals surface area contributed by atoms with Crippen molar-refractivity contribution in [3.05, 3.63) is 101 Å². The lowest BCUT2D eigenvalue weighted by Gasteiger charge is -2.35. The number of carbonyl (C=O) groups excluding carboxylic acids is 3. The number of fused-ring (bicyclic) bond motifs is 1. The van der Waals surface area contributed by atoms with Crippen molar-refractivity contribution in [1.29, 1.82) is 0 Å². The van der Waals surface area contributed by atoms with Gasteiger partial charge < -0.3 is 15.1 Å². The summed E-state index contributed by atoms with van der Waals surface area (Å²) in [5.74, 6) is 0.102. The van der Waals surface area contributed by atoms with Gasteiger partial charge in [0.2, 0.25) is 5.91 Å². The molecule has 2 fully saturated rings. The first-order chi connectivity index (χ1) is 17.6. The lowest BCUT2D eigenvalue weighted by Crippen LogP contribution is -2.51. The van der Waals surface area contributed by atoms with E-state index in [1.54, 1.807) is 0 Å². The largest absolute Gasteiger partial charge is 0.377 e. The molecule has 6 heteroatoms. The maximum Gasteiger partial charge on any atom is 0.253 e. The minimum Gasteiger partial charge on any atom is -0.377 e. The Balaban J connectivity index is 1.22. The van der Waals surface area contributed by atoms with E-state index in [1.807, 2.05) is 88.7 Å². The zero-order chi connectivity index (χ0) is 24.6. The second-order valence-corrected chi connectivity index (χ2v) is 9.93. The molecule has 0 spiro atoms. The second-order valence-electron chi connectivity index (χ2n) is 9.93. The van der Waals surface area contributed by atoms with Crippen molar-refractivity contribution in [1.82, 2.24) is 9.80 Å². The summed E-state index contributed by atoms with van der Waals surface area (Å²) in [4.78, 5) is 42.9. The smallest absolute Gasteiger partial charge is 0.253 e. The minimum atomic E-state index is -0.400. The number of Topliss-reactive ketones (excluding diaryl/α,β-unsaturated/α-hetero) is 1. The first-order valence-corrected chi connectivity index (χ1v) is 12.7. The SMILES string of the molecule is O=C1c2ccccc2NC(c2ccccc2)C1c1ccc(C(=O)N2CCN(C(=O)C3CC3)CC2)cc1. The van der Waals surface area contributed by atoms with E-state index in [2.05, 4.69) is 5.32 Å². The Labute approximate surface area is 210 Å². The Hall–Kier alpha value is -3.93. The van der Waals surface area contributed by atoms with E-state index >= 15 is 0 Å². The molecular weight excluding hydrogens is 450 g/mol. The Morgan fingerprint density at radius 3 is 2.06 bits per heavy atom. The first kappa shape index (κ1) is 22.5. The normalized spacial score (nSPS) is 21.5. The van der Waals surface area contributed by atoms with E-state index in [1.165, 1.54) is 0 Å². The number of rotatable bonds is 4. The Morgan fingerprint density at radius 2 is 1.36 bits per heavy atom. The monoisotopic (exact) mass is 479 g/mol. The van der Waals surface area contributed by atoms with Gasteiger partial charge in [-0.15, -0.1) is 0 Å². The van der Waals surface area contributed by atoms with E-state index in [4.69, 9.17) is 0 Å². The van der Waals surface area contributed by atoms with Gasteiger partial charge in [-0.25, -0.2) is 0 Å². The molecular formula is C30H29N3O3. The molecule has 1 aliphatic carbocycles. The van der Waals surface area contributed by atoms with Crippen LogP contribution in [0.25, 0.3) is 0 Å². The van der Waals surface area contributed by atoms with Gasteiger partial charge >= 0.3 is 0 Å². The summed E-state index contributed by atoms with van der Waals surface area (Å²) in [6.45, 7) is 2.30. The number of hydrogen-bond acceptors (Lipinski definition) is 4. The summed E-state index contributed by atoms with van der Waals surface area (Å²) in [5, 5.41) is 3.58. The fourth-order valence-corrected chi connectivity index (χ4v) is 5.41. The van der Waals surface area contributed by atoms with Crippen LogP contribution in [0.2, 0.25) is 0 Å². The van der Waals surface area contributed by atoms with Gasteiger partial charge in [-0.05, 0) is 48.2 Å². The number of nitrogens with one attached hydrogen (secondary N) is 1. The molecule has 6 rings (SSSR count). The van der Waals surface area contributed by atoms with Gasteiger partial charge in [0.1, 0.15) is 0 Å². The molecule has 0 bridgehead atoms. The molecule has 3 aliphatic rings. The fraction of sp³-hybridized carbons (Fsp3) is 0.300. The van der Waals surface area contributed by atoms with Crippen LogP contribution >= 0.6 is 0 Å². The van der Waals surface area contributed by atoms with Crippen molar-refractivity contribution in [3.8, 4) is 0 Å². The zero-order valence-electron chi connectivity index (χ0n) is 20.1. The van der Waals surface area contributed by atoms with Gasteiger partial charge in [0.05, 0.1) is 12.0 Å². The minimum absolute atomic E-state index is 0.0295. The number of benzene rings is 3. The lowest BCUT2D eigenvalue weighted by atomic mass is 9.78. The van der Waals surface area contributed by atoms with Crippen molar-refractivity contribution >= 4 is 23.3 Å². The predicted octanol–water partition coefficient (Wildman–Crippen LogP) is 4.51. The maximum absolute atomic E-state index is 13.7. The summed E-state index contributed by atoms with van der Waals surface area (Å²) in [6.07, 6.45) is 2.00. The summed E-state index contributed by atoms with van der Waals surface area (Å²) in [5.41, 5.74) is 4.07. The molecule has 2 aliphatic heterocycles. The van der Waals surface area contributed by atoms with Gasteiger partial charge in [0.25, 0.3) is 5.91 Å². The molecule has 1 saturated heterocycles. The van der Waals surface area contributed by atoms with E-state index in [0.29, 0.717) is 37.3 Å². The molecule has 1 saturated carbocycles. The molecule has 2 unspecified atom stereocenters. The van der Waals surface area contributed by atoms with Crippen molar-refractivity contribution in [2.75, 3.05) is 31.5 Å². The molecule has 36 heavy (non-hydrogen) atoms. The van der Waals surface area contributed by atoms with E-state index in [-0.39, 0.29) is 29.6 Å². The van der Waals surface area contributed by atoms with Crippen LogP contribution in [0.3, 0.4) is 0 Å². The highest BCUT2D eigenvalue weighted by molar-refractivity contribution is 6.08. The molecule has 1 N–H and O–H groups in total. The van der Waals surface area contributed by atoms with Crippen LogP contribution in [0.5, 0.6) is 0 Å². The van der Waals surface area contributed by atoms with E-state index < -0.39 is 5.92 Å². The lowest BCUT2D eigenvalue weighted by molar-refractivity contribution is -0.134. The van der Waals surface area contributed by atoms with E-state index in [9.17, 15) is 14.4 Å². The number of carbonyl (C=O) groups is 3. The van der Waals surface area contributed by atoms with Crippen LogP contribution in [0.15, 0.2) is 78.9 Å². The van der Waals surface area contributed by atoms with Crippen LogP contribution < -0.4 is 5.32 Å². The average molecular weight is 480 g/mol. The number of para-hydroxylation sites is 1. The van der Waals surface area contributed by atoms with Crippen LogP contribution in [-0.2, 0) is 4.79 Å². The number of anilines is 1. The standard InChI is InChI=1S/C30H29N3O3/c34-28-24-8-4-5-9-25(24)31-27(21-6-2-1-3-7-21)26(28)20-10-12-22(13-11-20)29(35)32-16-18-33(19-17-32)30(36)23-14-15-23/h1-13,23,26-27,31H,14-19H2. The van der Waals surface area contributed by atoms with E-state index in [0.717, 1.165) is 29.7 Å². The third kappa shape index (κ3) is 4.17. The van der Waals surface area contributed by atoms with Gasteiger partial charge in [-0.1, -0.05) is 54.6 Å². The van der Waals surface area contributed by atoms with Crippen molar-refractivity contribution in [2.24, 2.45) is 5.92 Å². The number of hydrogen-bond donors (Lipinski definition) is 1. The number of amides is 2. The number of nitrogens with zero attached hydrogens (tertiary/aromatic N) is 2. The molecule has 6 nitrogen and oxygen atoms in total. The number of ketones is 1. The first-order valence-electron chi connectivity index (χ1n) is 12.7. The van der Waals surface area contributed by atoms with Crippen LogP contribution in [0, 0.1) is 5.92 Å². The highest BCUT2D eigenvalue weighted by Crippen LogP contribution is 2.42. The Bertz CT molecular complexity index is 1290. The molecule has 182 valence electrons. The van der Waals surface area contributed by atoms with Crippen LogP contribution in [-0.4, -0.2) is 53.6 Å². The predicted molar refractivity (Wildman–Crippen MR) is 138 cm³/mol. The molecule has 2 heterocycles. The maximum atomic E-state index is 13.7. The third-order valence-corrected chi connectivity index (χ3v) is 7.60. The van der Waals surface area contributed by atoms with Crippen molar-refractivity contribution in [2.45, 2.75) is 24.8 Å². The Morgan fingerprint density at radius 1 is 0.722 bits per heavy atom. The van der Waals surface area contributed by atoms with Gasteiger partial charge in [0, 0.05) is 48.9 Å². The second kappa shape index (κ2) is 9.26. The highest BCUT2D eigenvalue weighted by Gasteiger charge is 2.38.